The molecule has 4 heteroatoms. The molecule has 0 aliphatic heterocycles. The van der Waals surface area contributed by atoms with E-state index in [0.29, 0.717) is 5.11 Å². The van der Waals surface area contributed by atoms with Gasteiger partial charge in [0.15, 0.2) is 5.11 Å². The van der Waals surface area contributed by atoms with Gasteiger partial charge in [0.2, 0.25) is 5.91 Å². The van der Waals surface area contributed by atoms with Gasteiger partial charge in [-0.05, 0) is 47.8 Å². The van der Waals surface area contributed by atoms with Crippen molar-refractivity contribution in [3.63, 3.8) is 0 Å². The van der Waals surface area contributed by atoms with Crippen LogP contribution in [0, 0.1) is 6.92 Å². The van der Waals surface area contributed by atoms with E-state index >= 15 is 0 Å². The van der Waals surface area contributed by atoms with Crippen LogP contribution in [0.15, 0.2) is 78.9 Å². The van der Waals surface area contributed by atoms with Gasteiger partial charge in [0.1, 0.15) is 0 Å². The second kappa shape index (κ2) is 9.29. The third-order valence-electron chi connectivity index (χ3n) is 4.74. The largest absolute Gasteiger partial charge is 0.332 e. The van der Waals surface area contributed by atoms with E-state index in [4.69, 9.17) is 12.2 Å². The van der Waals surface area contributed by atoms with Crippen molar-refractivity contribution in [2.75, 3.05) is 5.32 Å². The van der Waals surface area contributed by atoms with Crippen LogP contribution in [-0.2, 0) is 11.2 Å². The van der Waals surface area contributed by atoms with Crippen LogP contribution in [0.1, 0.15) is 35.1 Å². The van der Waals surface area contributed by atoms with Crippen molar-refractivity contribution in [3.8, 4) is 0 Å². The number of hydrogen-bond acceptors (Lipinski definition) is 2. The molecule has 3 rings (SSSR count). The Morgan fingerprint density at radius 2 is 1.46 bits per heavy atom. The fourth-order valence-electron chi connectivity index (χ4n) is 3.32. The number of benzene rings is 3. The van der Waals surface area contributed by atoms with Crippen LogP contribution in [0.25, 0.3) is 0 Å². The van der Waals surface area contributed by atoms with Crippen molar-refractivity contribution in [3.05, 3.63) is 101 Å². The van der Waals surface area contributed by atoms with Gasteiger partial charge in [-0.25, -0.2) is 0 Å². The highest BCUT2D eigenvalue weighted by molar-refractivity contribution is 7.80. The summed E-state index contributed by atoms with van der Waals surface area (Å²) >= 11 is 5.46. The molecule has 0 aromatic heterocycles. The normalized spacial score (nSPS) is 10.5. The number of rotatable bonds is 5. The number of para-hydroxylation sites is 1. The maximum atomic E-state index is 13.1. The number of hydrogen-bond donors (Lipinski definition) is 2. The van der Waals surface area contributed by atoms with E-state index in [0.717, 1.165) is 28.8 Å². The molecule has 3 nitrogen and oxygen atoms in total. The van der Waals surface area contributed by atoms with Crippen molar-refractivity contribution >= 4 is 28.9 Å². The lowest BCUT2D eigenvalue weighted by atomic mass is 9.90. The molecular formula is C24H24N2OS. The molecule has 0 unspecified atom stereocenters. The maximum Gasteiger partial charge on any atom is 0.238 e. The first kappa shape index (κ1) is 19.8. The summed E-state index contributed by atoms with van der Waals surface area (Å²) in [5.74, 6) is -0.578. The highest BCUT2D eigenvalue weighted by atomic mass is 32.1. The molecule has 3 aromatic carbocycles. The van der Waals surface area contributed by atoms with Gasteiger partial charge in [0.25, 0.3) is 0 Å². The molecule has 1 amide bonds. The van der Waals surface area contributed by atoms with E-state index in [1.165, 1.54) is 5.56 Å². The zero-order valence-electron chi connectivity index (χ0n) is 16.1. The van der Waals surface area contributed by atoms with Crippen molar-refractivity contribution in [2.45, 2.75) is 26.2 Å². The lowest BCUT2D eigenvalue weighted by Crippen LogP contribution is -2.38. The number of amides is 1. The van der Waals surface area contributed by atoms with Crippen molar-refractivity contribution in [2.24, 2.45) is 0 Å². The van der Waals surface area contributed by atoms with Crippen LogP contribution in [0.3, 0.4) is 0 Å². The van der Waals surface area contributed by atoms with Gasteiger partial charge >= 0.3 is 0 Å². The summed E-state index contributed by atoms with van der Waals surface area (Å²) in [7, 11) is 0. The average molecular weight is 389 g/mol. The summed E-state index contributed by atoms with van der Waals surface area (Å²) in [5.41, 5.74) is 5.09. The molecule has 2 N–H and O–H groups in total. The second-order valence-corrected chi connectivity index (χ2v) is 7.07. The Labute approximate surface area is 171 Å². The number of aryl methyl sites for hydroxylation is 2. The minimum absolute atomic E-state index is 0.151. The van der Waals surface area contributed by atoms with Crippen LogP contribution >= 0.6 is 12.2 Å². The number of carbonyl (C=O) groups is 1. The first-order chi connectivity index (χ1) is 13.6. The van der Waals surface area contributed by atoms with E-state index in [-0.39, 0.29) is 5.91 Å². The molecule has 0 aliphatic carbocycles. The lowest BCUT2D eigenvalue weighted by Gasteiger charge is -2.20. The van der Waals surface area contributed by atoms with Gasteiger partial charge in [-0.1, -0.05) is 85.8 Å². The smallest absolute Gasteiger partial charge is 0.238 e. The Bertz CT molecular complexity index is 915. The Balaban J connectivity index is 1.82. The molecule has 0 fully saturated rings. The zero-order chi connectivity index (χ0) is 19.9. The van der Waals surface area contributed by atoms with Gasteiger partial charge in [-0.15, -0.1) is 0 Å². The van der Waals surface area contributed by atoms with Gasteiger partial charge in [0, 0.05) is 5.69 Å². The van der Waals surface area contributed by atoms with Gasteiger partial charge in [-0.2, -0.15) is 0 Å². The van der Waals surface area contributed by atoms with Crippen molar-refractivity contribution in [1.82, 2.24) is 5.32 Å². The highest BCUT2D eigenvalue weighted by Crippen LogP contribution is 2.25. The Hall–Kier alpha value is -2.98. The molecule has 0 aliphatic rings. The molecular weight excluding hydrogens is 364 g/mol. The minimum Gasteiger partial charge on any atom is -0.332 e. The standard InChI is InChI=1S/C24H24N2OS/c1-3-18-16-10-11-17(2)22(18)25-24(28)26-23(27)21(19-12-6-4-7-13-19)20-14-8-5-9-15-20/h4-16,21H,3H2,1-2H3,(H2,25,26,27,28). The molecule has 0 radical (unpaired) electrons. The molecule has 3 aromatic rings. The molecule has 0 atom stereocenters. The Morgan fingerprint density at radius 1 is 0.893 bits per heavy atom. The SMILES string of the molecule is CCc1cccc(C)c1NC(=S)NC(=O)C(c1ccccc1)c1ccccc1. The molecule has 0 bridgehead atoms. The van der Waals surface area contributed by atoms with Crippen LogP contribution < -0.4 is 10.6 Å². The van der Waals surface area contributed by atoms with Gasteiger partial charge < -0.3 is 10.6 Å². The van der Waals surface area contributed by atoms with E-state index < -0.39 is 5.92 Å². The summed E-state index contributed by atoms with van der Waals surface area (Å²) in [5, 5.41) is 6.41. The van der Waals surface area contributed by atoms with Gasteiger partial charge in [-0.3, -0.25) is 4.79 Å². The molecule has 0 saturated carbocycles. The van der Waals surface area contributed by atoms with Crippen molar-refractivity contribution < 1.29 is 4.79 Å². The fraction of sp³-hybridized carbons (Fsp3) is 0.167. The quantitative estimate of drug-likeness (QED) is 0.590. The molecule has 142 valence electrons. The number of thiocarbonyl (C=S) groups is 1. The second-order valence-electron chi connectivity index (χ2n) is 6.66. The van der Waals surface area contributed by atoms with Crippen LogP contribution in [-0.4, -0.2) is 11.0 Å². The molecule has 0 heterocycles. The predicted molar refractivity (Wildman–Crippen MR) is 120 cm³/mol. The van der Waals surface area contributed by atoms with Crippen LogP contribution in [0.5, 0.6) is 0 Å². The third-order valence-corrected chi connectivity index (χ3v) is 4.95. The molecule has 28 heavy (non-hydrogen) atoms. The number of carbonyl (C=O) groups excluding carboxylic acids is 1. The fourth-order valence-corrected chi connectivity index (χ4v) is 3.52. The first-order valence-electron chi connectivity index (χ1n) is 9.40. The zero-order valence-corrected chi connectivity index (χ0v) is 16.9. The third kappa shape index (κ3) is 4.65. The lowest BCUT2D eigenvalue weighted by molar-refractivity contribution is -0.120. The molecule has 0 spiro atoms. The first-order valence-corrected chi connectivity index (χ1v) is 9.81. The van der Waals surface area contributed by atoms with Crippen LogP contribution in [0.4, 0.5) is 5.69 Å². The van der Waals surface area contributed by atoms with Crippen LogP contribution in [0.2, 0.25) is 0 Å². The summed E-state index contributed by atoms with van der Waals surface area (Å²) in [4.78, 5) is 13.1. The Morgan fingerprint density at radius 3 is 2.00 bits per heavy atom. The predicted octanol–water partition coefficient (Wildman–Crippen LogP) is 5.20. The summed E-state index contributed by atoms with van der Waals surface area (Å²) in [6.07, 6.45) is 0.886. The monoisotopic (exact) mass is 388 g/mol. The summed E-state index contributed by atoms with van der Waals surface area (Å²) in [6, 6.07) is 25.6. The van der Waals surface area contributed by atoms with Crippen molar-refractivity contribution in [1.29, 1.82) is 0 Å². The van der Waals surface area contributed by atoms with E-state index in [1.807, 2.05) is 79.7 Å². The average Bonchev–Trinajstić information content (AvgIpc) is 2.71. The van der Waals surface area contributed by atoms with E-state index in [1.54, 1.807) is 0 Å². The molecule has 0 saturated heterocycles. The van der Waals surface area contributed by atoms with E-state index in [2.05, 4.69) is 23.6 Å². The topological polar surface area (TPSA) is 41.1 Å². The summed E-state index contributed by atoms with van der Waals surface area (Å²) < 4.78 is 0. The Kier molecular flexibility index (Phi) is 6.56. The number of nitrogens with one attached hydrogen (secondary N) is 2. The van der Waals surface area contributed by atoms with E-state index in [9.17, 15) is 4.79 Å². The minimum atomic E-state index is -0.426. The van der Waals surface area contributed by atoms with Gasteiger partial charge in [0.05, 0.1) is 5.92 Å². The maximum absolute atomic E-state index is 13.1. The number of anilines is 1. The highest BCUT2D eigenvalue weighted by Gasteiger charge is 2.23. The summed E-state index contributed by atoms with van der Waals surface area (Å²) in [6.45, 7) is 4.13.